The summed E-state index contributed by atoms with van der Waals surface area (Å²) < 4.78 is 0. The highest BCUT2D eigenvalue weighted by molar-refractivity contribution is 5.95. The third kappa shape index (κ3) is 6.51. The zero-order valence-corrected chi connectivity index (χ0v) is 18.3. The monoisotopic (exact) mass is 420 g/mol. The first kappa shape index (κ1) is 22.7. The normalized spacial score (nSPS) is 14.7. The fourth-order valence-electron chi connectivity index (χ4n) is 3.81. The first-order valence-corrected chi connectivity index (χ1v) is 10.9. The van der Waals surface area contributed by atoms with Crippen LogP contribution in [0.4, 0.5) is 11.4 Å². The number of carbonyl (C=O) groups excluding carboxylic acids is 2. The lowest BCUT2D eigenvalue weighted by Crippen LogP contribution is -2.51. The molecular formula is C25H32N4O2. The maximum Gasteiger partial charge on any atom is 0.241 e. The first-order chi connectivity index (χ1) is 15.1. The van der Waals surface area contributed by atoms with Crippen LogP contribution >= 0.6 is 0 Å². The molecule has 0 saturated carbocycles. The van der Waals surface area contributed by atoms with Gasteiger partial charge in [0.15, 0.2) is 0 Å². The van der Waals surface area contributed by atoms with Crippen LogP contribution in [0.2, 0.25) is 0 Å². The van der Waals surface area contributed by atoms with Crippen LogP contribution in [0.1, 0.15) is 12.5 Å². The van der Waals surface area contributed by atoms with Gasteiger partial charge >= 0.3 is 0 Å². The molecule has 0 aliphatic carbocycles. The van der Waals surface area contributed by atoms with E-state index in [9.17, 15) is 9.59 Å². The van der Waals surface area contributed by atoms with Crippen LogP contribution < -0.4 is 10.2 Å². The van der Waals surface area contributed by atoms with E-state index in [0.717, 1.165) is 49.5 Å². The molecule has 0 atom stereocenters. The van der Waals surface area contributed by atoms with Crippen LogP contribution in [0.3, 0.4) is 0 Å². The molecule has 2 aromatic carbocycles. The Bertz CT molecular complexity index is 876. The number of piperazine rings is 1. The van der Waals surface area contributed by atoms with Gasteiger partial charge in [0.05, 0.1) is 13.1 Å². The molecule has 0 radical (unpaired) electrons. The molecule has 1 aliphatic rings. The topological polar surface area (TPSA) is 55.9 Å². The van der Waals surface area contributed by atoms with E-state index in [1.807, 2.05) is 54.6 Å². The van der Waals surface area contributed by atoms with Crippen molar-refractivity contribution in [2.75, 3.05) is 56.0 Å². The Morgan fingerprint density at radius 1 is 0.968 bits per heavy atom. The molecule has 6 heteroatoms. The number of nitrogens with one attached hydrogen (secondary N) is 1. The second-order valence-corrected chi connectivity index (χ2v) is 7.74. The summed E-state index contributed by atoms with van der Waals surface area (Å²) in [6.45, 7) is 10.2. The number of hydrogen-bond acceptors (Lipinski definition) is 4. The molecule has 6 nitrogen and oxygen atoms in total. The third-order valence-electron chi connectivity index (χ3n) is 5.54. The van der Waals surface area contributed by atoms with Crippen LogP contribution in [0, 0.1) is 0 Å². The second kappa shape index (κ2) is 11.4. The van der Waals surface area contributed by atoms with Crippen molar-refractivity contribution >= 4 is 23.2 Å². The highest BCUT2D eigenvalue weighted by Crippen LogP contribution is 2.16. The molecule has 2 aromatic rings. The van der Waals surface area contributed by atoms with Gasteiger partial charge in [0.25, 0.3) is 0 Å². The zero-order chi connectivity index (χ0) is 22.1. The zero-order valence-electron chi connectivity index (χ0n) is 18.3. The lowest BCUT2D eigenvalue weighted by molar-refractivity contribution is -0.121. The number of hydrogen-bond donors (Lipinski definition) is 1. The third-order valence-corrected chi connectivity index (χ3v) is 5.54. The molecule has 3 rings (SSSR count). The average Bonchev–Trinajstić information content (AvgIpc) is 2.79. The van der Waals surface area contributed by atoms with Crippen molar-refractivity contribution in [3.8, 4) is 0 Å². The van der Waals surface area contributed by atoms with E-state index in [0.29, 0.717) is 19.6 Å². The van der Waals surface area contributed by atoms with Gasteiger partial charge in [0, 0.05) is 44.1 Å². The summed E-state index contributed by atoms with van der Waals surface area (Å²) in [7, 11) is 0. The summed E-state index contributed by atoms with van der Waals surface area (Å²) in [5.74, 6) is 0.0696. The van der Waals surface area contributed by atoms with Crippen molar-refractivity contribution in [3.63, 3.8) is 0 Å². The number of aryl methyl sites for hydroxylation is 1. The number of rotatable bonds is 9. The van der Waals surface area contributed by atoms with Crippen LogP contribution in [-0.4, -0.2) is 67.4 Å². The predicted octanol–water partition coefficient (Wildman–Crippen LogP) is 3.02. The van der Waals surface area contributed by atoms with Crippen molar-refractivity contribution in [2.24, 2.45) is 0 Å². The van der Waals surface area contributed by atoms with Gasteiger partial charge in [0.2, 0.25) is 11.8 Å². The van der Waals surface area contributed by atoms with Crippen molar-refractivity contribution in [1.29, 1.82) is 0 Å². The van der Waals surface area contributed by atoms with Gasteiger partial charge in [-0.1, -0.05) is 49.4 Å². The number of nitrogens with zero attached hydrogens (tertiary/aromatic N) is 3. The minimum Gasteiger partial charge on any atom is -0.325 e. The van der Waals surface area contributed by atoms with Gasteiger partial charge in [0.1, 0.15) is 0 Å². The average molecular weight is 421 g/mol. The Morgan fingerprint density at radius 3 is 2.23 bits per heavy atom. The summed E-state index contributed by atoms with van der Waals surface area (Å²) in [4.78, 5) is 31.4. The van der Waals surface area contributed by atoms with Gasteiger partial charge < -0.3 is 10.2 Å². The maximum atomic E-state index is 12.9. The Balaban J connectivity index is 1.47. The number of amides is 2. The summed E-state index contributed by atoms with van der Waals surface area (Å²) >= 11 is 0. The smallest absolute Gasteiger partial charge is 0.241 e. The summed E-state index contributed by atoms with van der Waals surface area (Å²) in [5.41, 5.74) is 2.92. The van der Waals surface area contributed by atoms with E-state index < -0.39 is 0 Å². The van der Waals surface area contributed by atoms with E-state index in [4.69, 9.17) is 0 Å². The summed E-state index contributed by atoms with van der Waals surface area (Å²) in [6.07, 6.45) is 2.63. The van der Waals surface area contributed by atoms with Crippen LogP contribution in [-0.2, 0) is 16.0 Å². The van der Waals surface area contributed by atoms with E-state index >= 15 is 0 Å². The quantitative estimate of drug-likeness (QED) is 0.634. The van der Waals surface area contributed by atoms with E-state index in [1.165, 1.54) is 0 Å². The number of benzene rings is 2. The fraction of sp³-hybridized carbons (Fsp3) is 0.360. The first-order valence-electron chi connectivity index (χ1n) is 10.9. The molecule has 0 unspecified atom stereocenters. The molecule has 1 N–H and O–H groups in total. The predicted molar refractivity (Wildman–Crippen MR) is 126 cm³/mol. The number of para-hydroxylation sites is 2. The van der Waals surface area contributed by atoms with Crippen molar-refractivity contribution in [1.82, 2.24) is 9.80 Å². The standard InChI is InChI=1S/C25H32N4O2/c1-3-14-29(22-11-6-5-7-12-22)25(31)20-28-17-15-27(16-18-28)19-24(30)26-23-13-9-8-10-21(23)4-2/h3,5-13H,1,4,14-20H2,2H3,(H,26,30). The Hall–Kier alpha value is -2.96. The van der Waals surface area contributed by atoms with Gasteiger partial charge in [-0.2, -0.15) is 0 Å². The van der Waals surface area contributed by atoms with Crippen LogP contribution in [0.5, 0.6) is 0 Å². The molecule has 0 spiro atoms. The number of anilines is 2. The lowest BCUT2D eigenvalue weighted by Gasteiger charge is -2.35. The second-order valence-electron chi connectivity index (χ2n) is 7.74. The Labute approximate surface area is 185 Å². The molecule has 1 heterocycles. The minimum absolute atomic E-state index is 0.00617. The number of carbonyl (C=O) groups is 2. The molecule has 2 amide bonds. The largest absolute Gasteiger partial charge is 0.325 e. The van der Waals surface area contributed by atoms with E-state index in [-0.39, 0.29) is 11.8 Å². The Kier molecular flexibility index (Phi) is 8.38. The minimum atomic E-state index is 0.00617. The summed E-state index contributed by atoms with van der Waals surface area (Å²) in [5, 5.41) is 3.03. The van der Waals surface area contributed by atoms with Crippen molar-refractivity contribution in [2.45, 2.75) is 13.3 Å². The molecule has 0 aromatic heterocycles. The van der Waals surface area contributed by atoms with Crippen LogP contribution in [0.15, 0.2) is 67.3 Å². The van der Waals surface area contributed by atoms with Gasteiger partial charge in [-0.3, -0.25) is 19.4 Å². The van der Waals surface area contributed by atoms with Gasteiger partial charge in [-0.15, -0.1) is 6.58 Å². The molecule has 164 valence electrons. The SMILES string of the molecule is C=CCN(C(=O)CN1CCN(CC(=O)Nc2ccccc2CC)CC1)c1ccccc1. The van der Waals surface area contributed by atoms with Crippen LogP contribution in [0.25, 0.3) is 0 Å². The van der Waals surface area contributed by atoms with Gasteiger partial charge in [-0.25, -0.2) is 0 Å². The molecular weight excluding hydrogens is 388 g/mol. The van der Waals surface area contributed by atoms with Crippen molar-refractivity contribution in [3.05, 3.63) is 72.8 Å². The fourth-order valence-corrected chi connectivity index (χ4v) is 3.81. The highest BCUT2D eigenvalue weighted by Gasteiger charge is 2.23. The Morgan fingerprint density at radius 2 is 1.58 bits per heavy atom. The highest BCUT2D eigenvalue weighted by atomic mass is 16.2. The molecule has 1 aliphatic heterocycles. The van der Waals surface area contributed by atoms with E-state index in [2.05, 4.69) is 28.6 Å². The molecule has 31 heavy (non-hydrogen) atoms. The van der Waals surface area contributed by atoms with Crippen molar-refractivity contribution < 1.29 is 9.59 Å². The maximum absolute atomic E-state index is 12.9. The van der Waals surface area contributed by atoms with E-state index in [1.54, 1.807) is 11.0 Å². The molecule has 1 fully saturated rings. The summed E-state index contributed by atoms with van der Waals surface area (Å²) in [6, 6.07) is 17.6. The van der Waals surface area contributed by atoms with Gasteiger partial charge in [-0.05, 0) is 30.2 Å². The molecule has 1 saturated heterocycles. The molecule has 0 bridgehead atoms. The lowest BCUT2D eigenvalue weighted by atomic mass is 10.1.